The molecule has 17 heavy (non-hydrogen) atoms. The first-order chi connectivity index (χ1) is 8.29. The molecule has 0 bridgehead atoms. The summed E-state index contributed by atoms with van der Waals surface area (Å²) in [6, 6.07) is 6.51. The van der Waals surface area contributed by atoms with Crippen LogP contribution in [0, 0.1) is 6.92 Å². The zero-order chi connectivity index (χ0) is 11.7. The number of hydrogen-bond donors (Lipinski definition) is 2. The van der Waals surface area contributed by atoms with Gasteiger partial charge < -0.3 is 10.6 Å². The summed E-state index contributed by atoms with van der Waals surface area (Å²) < 4.78 is 0. The average Bonchev–Trinajstić information content (AvgIpc) is 2.57. The summed E-state index contributed by atoms with van der Waals surface area (Å²) in [5.41, 5.74) is 4.29. The van der Waals surface area contributed by atoms with Crippen LogP contribution in [0.2, 0.25) is 0 Å². The van der Waals surface area contributed by atoms with Gasteiger partial charge in [-0.15, -0.1) is 0 Å². The Morgan fingerprint density at radius 2 is 1.82 bits per heavy atom. The lowest BCUT2D eigenvalue weighted by Gasteiger charge is -2.41. The molecule has 1 fully saturated rings. The topological polar surface area (TPSA) is 24.1 Å². The van der Waals surface area contributed by atoms with Gasteiger partial charge in [0.25, 0.3) is 0 Å². The van der Waals surface area contributed by atoms with Gasteiger partial charge in [-0.1, -0.05) is 37.8 Å². The maximum absolute atomic E-state index is 3.86. The molecule has 0 aromatic heterocycles. The van der Waals surface area contributed by atoms with Crippen molar-refractivity contribution in [3.05, 3.63) is 23.8 Å². The maximum atomic E-state index is 3.86. The third kappa shape index (κ3) is 2.01. The molecular formula is C15H22N2. The number of rotatable bonds is 0. The highest BCUT2D eigenvalue weighted by molar-refractivity contribution is 5.75. The molecule has 92 valence electrons. The molecule has 1 saturated carbocycles. The molecule has 3 rings (SSSR count). The van der Waals surface area contributed by atoms with E-state index >= 15 is 0 Å². The van der Waals surface area contributed by atoms with Gasteiger partial charge in [-0.3, -0.25) is 0 Å². The Bertz CT molecular complexity index is 403. The summed E-state index contributed by atoms with van der Waals surface area (Å²) in [6.45, 7) is 3.28. The standard InChI is InChI=1S/C15H22N2/c1-12-7-6-8-13-14(12)17-15(11-16-13)9-4-2-3-5-10-15/h6-8,16-17H,2-5,9-11H2,1H3. The number of fused-ring (bicyclic) bond motifs is 1. The van der Waals surface area contributed by atoms with Crippen molar-refractivity contribution in [2.45, 2.75) is 51.0 Å². The van der Waals surface area contributed by atoms with E-state index in [1.807, 2.05) is 0 Å². The highest BCUT2D eigenvalue weighted by atomic mass is 15.1. The molecule has 1 spiro atoms. The van der Waals surface area contributed by atoms with Gasteiger partial charge >= 0.3 is 0 Å². The summed E-state index contributed by atoms with van der Waals surface area (Å²) >= 11 is 0. The maximum Gasteiger partial charge on any atom is 0.0610 e. The van der Waals surface area contributed by atoms with E-state index in [9.17, 15) is 0 Å². The van der Waals surface area contributed by atoms with Crippen LogP contribution in [-0.2, 0) is 0 Å². The third-order valence-electron chi connectivity index (χ3n) is 4.34. The van der Waals surface area contributed by atoms with Crippen molar-refractivity contribution in [1.82, 2.24) is 0 Å². The molecule has 2 aliphatic rings. The van der Waals surface area contributed by atoms with E-state index < -0.39 is 0 Å². The van der Waals surface area contributed by atoms with Crippen LogP contribution >= 0.6 is 0 Å². The third-order valence-corrected chi connectivity index (χ3v) is 4.34. The number of hydrogen-bond acceptors (Lipinski definition) is 2. The molecule has 0 saturated heterocycles. The Kier molecular flexibility index (Phi) is 2.73. The van der Waals surface area contributed by atoms with Gasteiger partial charge in [0, 0.05) is 6.54 Å². The molecule has 2 N–H and O–H groups in total. The monoisotopic (exact) mass is 230 g/mol. The van der Waals surface area contributed by atoms with E-state index in [1.165, 1.54) is 55.5 Å². The SMILES string of the molecule is Cc1cccc2c1NC1(CCCCCC1)CN2. The van der Waals surface area contributed by atoms with Crippen molar-refractivity contribution >= 4 is 11.4 Å². The van der Waals surface area contributed by atoms with Crippen molar-refractivity contribution in [3.63, 3.8) is 0 Å². The summed E-state index contributed by atoms with van der Waals surface area (Å²) in [6.07, 6.45) is 8.18. The predicted octanol–water partition coefficient (Wildman–Crippen LogP) is 3.93. The Balaban J connectivity index is 1.90. The number of aryl methyl sites for hydroxylation is 1. The zero-order valence-corrected chi connectivity index (χ0v) is 10.7. The Morgan fingerprint density at radius 3 is 2.59 bits per heavy atom. The number of benzene rings is 1. The summed E-state index contributed by atoms with van der Waals surface area (Å²) in [7, 11) is 0. The minimum absolute atomic E-state index is 0.315. The number of para-hydroxylation sites is 1. The van der Waals surface area contributed by atoms with Gasteiger partial charge in [0.1, 0.15) is 0 Å². The summed E-state index contributed by atoms with van der Waals surface area (Å²) in [4.78, 5) is 0. The van der Waals surface area contributed by atoms with E-state index in [2.05, 4.69) is 35.8 Å². The molecule has 2 nitrogen and oxygen atoms in total. The molecular weight excluding hydrogens is 208 g/mol. The van der Waals surface area contributed by atoms with Crippen LogP contribution in [0.15, 0.2) is 18.2 Å². The van der Waals surface area contributed by atoms with Crippen LogP contribution in [0.25, 0.3) is 0 Å². The fourth-order valence-electron chi connectivity index (χ4n) is 3.26. The zero-order valence-electron chi connectivity index (χ0n) is 10.7. The van der Waals surface area contributed by atoms with Crippen LogP contribution in [0.1, 0.15) is 44.1 Å². The molecule has 0 atom stereocenters. The summed E-state index contributed by atoms with van der Waals surface area (Å²) in [5, 5.41) is 7.49. The largest absolute Gasteiger partial charge is 0.381 e. The molecule has 1 aliphatic carbocycles. The second kappa shape index (κ2) is 4.25. The lowest BCUT2D eigenvalue weighted by atomic mass is 9.87. The average molecular weight is 230 g/mol. The second-order valence-electron chi connectivity index (χ2n) is 5.67. The Hall–Kier alpha value is -1.18. The van der Waals surface area contributed by atoms with Crippen molar-refractivity contribution in [1.29, 1.82) is 0 Å². The van der Waals surface area contributed by atoms with Gasteiger partial charge in [-0.25, -0.2) is 0 Å². The van der Waals surface area contributed by atoms with Crippen LogP contribution in [0.3, 0.4) is 0 Å². The molecule has 1 aliphatic heterocycles. The predicted molar refractivity (Wildman–Crippen MR) is 73.7 cm³/mol. The fourth-order valence-corrected chi connectivity index (χ4v) is 3.26. The lowest BCUT2D eigenvalue weighted by Crippen LogP contribution is -2.47. The fraction of sp³-hybridized carbons (Fsp3) is 0.600. The Labute approximate surface area is 104 Å². The van der Waals surface area contributed by atoms with E-state index in [0.29, 0.717) is 5.54 Å². The van der Waals surface area contributed by atoms with Crippen molar-refractivity contribution in [2.75, 3.05) is 17.2 Å². The molecule has 0 radical (unpaired) electrons. The molecule has 0 unspecified atom stereocenters. The first-order valence-corrected chi connectivity index (χ1v) is 6.91. The first kappa shape index (κ1) is 10.9. The van der Waals surface area contributed by atoms with Crippen molar-refractivity contribution in [3.8, 4) is 0 Å². The summed E-state index contributed by atoms with van der Waals surface area (Å²) in [5.74, 6) is 0. The molecule has 1 heterocycles. The highest BCUT2D eigenvalue weighted by Crippen LogP contribution is 2.38. The number of anilines is 2. The van der Waals surface area contributed by atoms with E-state index in [0.717, 1.165) is 6.54 Å². The van der Waals surface area contributed by atoms with Gasteiger partial charge in [0.05, 0.1) is 16.9 Å². The smallest absolute Gasteiger partial charge is 0.0610 e. The van der Waals surface area contributed by atoms with Crippen LogP contribution in [-0.4, -0.2) is 12.1 Å². The second-order valence-corrected chi connectivity index (χ2v) is 5.67. The molecule has 1 aromatic rings. The van der Waals surface area contributed by atoms with Gasteiger partial charge in [0.15, 0.2) is 0 Å². The Morgan fingerprint density at radius 1 is 1.06 bits per heavy atom. The van der Waals surface area contributed by atoms with Crippen LogP contribution in [0.4, 0.5) is 11.4 Å². The van der Waals surface area contributed by atoms with E-state index in [1.54, 1.807) is 0 Å². The van der Waals surface area contributed by atoms with E-state index in [4.69, 9.17) is 0 Å². The van der Waals surface area contributed by atoms with Crippen LogP contribution < -0.4 is 10.6 Å². The molecule has 2 heteroatoms. The van der Waals surface area contributed by atoms with Crippen LogP contribution in [0.5, 0.6) is 0 Å². The van der Waals surface area contributed by atoms with Gasteiger partial charge in [0.2, 0.25) is 0 Å². The lowest BCUT2D eigenvalue weighted by molar-refractivity contribution is 0.423. The van der Waals surface area contributed by atoms with E-state index in [-0.39, 0.29) is 0 Å². The van der Waals surface area contributed by atoms with Gasteiger partial charge in [-0.2, -0.15) is 0 Å². The normalized spacial score (nSPS) is 22.2. The van der Waals surface area contributed by atoms with Crippen molar-refractivity contribution < 1.29 is 0 Å². The first-order valence-electron chi connectivity index (χ1n) is 6.91. The van der Waals surface area contributed by atoms with Gasteiger partial charge in [-0.05, 0) is 31.4 Å². The quantitative estimate of drug-likeness (QED) is 0.705. The minimum atomic E-state index is 0.315. The minimum Gasteiger partial charge on any atom is -0.381 e. The van der Waals surface area contributed by atoms with Crippen molar-refractivity contribution in [2.24, 2.45) is 0 Å². The highest BCUT2D eigenvalue weighted by Gasteiger charge is 2.34. The molecule has 1 aromatic carbocycles. The number of nitrogens with one attached hydrogen (secondary N) is 2. The molecule has 0 amide bonds.